The van der Waals surface area contributed by atoms with Crippen LogP contribution in [0.25, 0.3) is 0 Å². The van der Waals surface area contributed by atoms with Crippen molar-refractivity contribution in [3.63, 3.8) is 0 Å². The number of hydrogen-bond acceptors (Lipinski definition) is 4. The van der Waals surface area contributed by atoms with E-state index < -0.39 is 0 Å². The van der Waals surface area contributed by atoms with E-state index in [2.05, 4.69) is 36.1 Å². The van der Waals surface area contributed by atoms with E-state index in [0.717, 1.165) is 31.7 Å². The number of nitrogens with zero attached hydrogens (tertiary/aromatic N) is 2. The topological polar surface area (TPSA) is 58.4 Å². The molecule has 2 unspecified atom stereocenters. The molecule has 116 valence electrons. The Labute approximate surface area is 126 Å². The van der Waals surface area contributed by atoms with Crippen molar-refractivity contribution < 1.29 is 9.32 Å². The molecule has 1 aliphatic carbocycles. The van der Waals surface area contributed by atoms with Crippen LogP contribution in [0.1, 0.15) is 62.2 Å². The molecule has 1 aliphatic heterocycles. The van der Waals surface area contributed by atoms with Crippen molar-refractivity contribution >= 4 is 5.91 Å². The molecule has 21 heavy (non-hydrogen) atoms. The standard InChI is InChI=1S/C16H25N3O2/c1-10(2)19-8-11(3)14(9-19)17-16(20)13-7-15(21-18-13)12-5-4-6-12/h7,10-12,14H,4-6,8-9H2,1-3H3,(H,17,20). The van der Waals surface area contributed by atoms with Gasteiger partial charge in [-0.3, -0.25) is 9.69 Å². The third-order valence-corrected chi connectivity index (χ3v) is 4.96. The summed E-state index contributed by atoms with van der Waals surface area (Å²) < 4.78 is 5.32. The average Bonchev–Trinajstić information content (AvgIpc) is 2.95. The Bertz CT molecular complexity index is 507. The first-order chi connectivity index (χ1) is 10.0. The lowest BCUT2D eigenvalue weighted by Crippen LogP contribution is -2.40. The average molecular weight is 291 g/mol. The van der Waals surface area contributed by atoms with E-state index in [-0.39, 0.29) is 11.9 Å². The van der Waals surface area contributed by atoms with Gasteiger partial charge in [-0.25, -0.2) is 0 Å². The number of carbonyl (C=O) groups excluding carboxylic acids is 1. The van der Waals surface area contributed by atoms with E-state index >= 15 is 0 Å². The summed E-state index contributed by atoms with van der Waals surface area (Å²) in [5, 5.41) is 7.05. The third kappa shape index (κ3) is 2.98. The summed E-state index contributed by atoms with van der Waals surface area (Å²) >= 11 is 0. The zero-order valence-corrected chi connectivity index (χ0v) is 13.1. The molecule has 2 aliphatic rings. The van der Waals surface area contributed by atoms with Gasteiger partial charge in [0.15, 0.2) is 5.69 Å². The highest BCUT2D eigenvalue weighted by molar-refractivity contribution is 5.92. The molecule has 0 aromatic carbocycles. The lowest BCUT2D eigenvalue weighted by Gasteiger charge is -2.21. The maximum absolute atomic E-state index is 12.3. The molecule has 1 saturated heterocycles. The molecule has 1 aromatic rings. The van der Waals surface area contributed by atoms with Crippen LogP contribution in [-0.4, -0.2) is 41.1 Å². The minimum atomic E-state index is -0.105. The molecule has 1 saturated carbocycles. The fraction of sp³-hybridized carbons (Fsp3) is 0.750. The van der Waals surface area contributed by atoms with Gasteiger partial charge >= 0.3 is 0 Å². The van der Waals surface area contributed by atoms with Crippen LogP contribution in [-0.2, 0) is 0 Å². The van der Waals surface area contributed by atoms with Crippen LogP contribution >= 0.6 is 0 Å². The monoisotopic (exact) mass is 291 g/mol. The number of aromatic nitrogens is 1. The molecule has 0 bridgehead atoms. The van der Waals surface area contributed by atoms with Gasteiger partial charge < -0.3 is 9.84 Å². The smallest absolute Gasteiger partial charge is 0.273 e. The molecule has 5 heteroatoms. The molecule has 1 amide bonds. The minimum Gasteiger partial charge on any atom is -0.360 e. The highest BCUT2D eigenvalue weighted by Gasteiger charge is 2.33. The molecule has 1 N–H and O–H groups in total. The van der Waals surface area contributed by atoms with Crippen LogP contribution in [0.15, 0.2) is 10.6 Å². The van der Waals surface area contributed by atoms with Crippen molar-refractivity contribution in [2.45, 2.75) is 58.0 Å². The van der Waals surface area contributed by atoms with Crippen LogP contribution in [0.4, 0.5) is 0 Å². The van der Waals surface area contributed by atoms with Crippen molar-refractivity contribution in [2.75, 3.05) is 13.1 Å². The van der Waals surface area contributed by atoms with Gasteiger partial charge in [0.25, 0.3) is 5.91 Å². The molecule has 2 atom stereocenters. The van der Waals surface area contributed by atoms with E-state index in [9.17, 15) is 4.79 Å². The van der Waals surface area contributed by atoms with Gasteiger partial charge in [0, 0.05) is 37.2 Å². The Hall–Kier alpha value is -1.36. The SMILES string of the molecule is CC1CN(C(C)C)CC1NC(=O)c1cc(C2CCC2)on1. The number of nitrogens with one attached hydrogen (secondary N) is 1. The molecule has 2 fully saturated rings. The van der Waals surface area contributed by atoms with E-state index in [1.807, 2.05) is 6.07 Å². The molecule has 3 rings (SSSR count). The van der Waals surface area contributed by atoms with E-state index in [1.54, 1.807) is 0 Å². The van der Waals surface area contributed by atoms with Gasteiger partial charge in [0.1, 0.15) is 5.76 Å². The van der Waals surface area contributed by atoms with Crippen LogP contribution < -0.4 is 5.32 Å². The Morgan fingerprint density at radius 1 is 1.43 bits per heavy atom. The van der Waals surface area contributed by atoms with Crippen molar-refractivity contribution in [1.82, 2.24) is 15.4 Å². The number of likely N-dealkylation sites (tertiary alicyclic amines) is 1. The zero-order valence-electron chi connectivity index (χ0n) is 13.1. The Kier molecular flexibility index (Phi) is 4.02. The number of amides is 1. The lowest BCUT2D eigenvalue weighted by molar-refractivity contribution is 0.0921. The van der Waals surface area contributed by atoms with Crippen molar-refractivity contribution in [3.8, 4) is 0 Å². The van der Waals surface area contributed by atoms with Gasteiger partial charge in [-0.2, -0.15) is 0 Å². The molecular weight excluding hydrogens is 266 g/mol. The highest BCUT2D eigenvalue weighted by Crippen LogP contribution is 2.36. The summed E-state index contributed by atoms with van der Waals surface area (Å²) in [6, 6.07) is 2.54. The van der Waals surface area contributed by atoms with Crippen LogP contribution in [0.3, 0.4) is 0 Å². The largest absolute Gasteiger partial charge is 0.360 e. The fourth-order valence-electron chi connectivity index (χ4n) is 3.14. The van der Waals surface area contributed by atoms with Crippen LogP contribution in [0.5, 0.6) is 0 Å². The quantitative estimate of drug-likeness (QED) is 0.925. The van der Waals surface area contributed by atoms with Crippen molar-refractivity contribution in [2.24, 2.45) is 5.92 Å². The first kappa shape index (κ1) is 14.6. The molecule has 2 heterocycles. The Morgan fingerprint density at radius 2 is 2.19 bits per heavy atom. The summed E-state index contributed by atoms with van der Waals surface area (Å²) in [4.78, 5) is 14.7. The normalized spacial score (nSPS) is 27.0. The van der Waals surface area contributed by atoms with E-state index in [4.69, 9.17) is 4.52 Å². The first-order valence-corrected chi connectivity index (χ1v) is 8.06. The predicted molar refractivity (Wildman–Crippen MR) is 80.2 cm³/mol. The molecule has 5 nitrogen and oxygen atoms in total. The number of hydrogen-bond donors (Lipinski definition) is 1. The summed E-state index contributed by atoms with van der Waals surface area (Å²) in [5.41, 5.74) is 0.423. The molecule has 0 spiro atoms. The molecule has 1 aromatic heterocycles. The van der Waals surface area contributed by atoms with Gasteiger partial charge in [0.2, 0.25) is 0 Å². The van der Waals surface area contributed by atoms with Gasteiger partial charge in [-0.15, -0.1) is 0 Å². The second-order valence-electron chi connectivity index (χ2n) is 6.85. The Balaban J connectivity index is 1.59. The number of carbonyl (C=O) groups is 1. The second-order valence-corrected chi connectivity index (χ2v) is 6.85. The zero-order chi connectivity index (χ0) is 15.0. The molecular formula is C16H25N3O2. The second kappa shape index (κ2) is 5.79. The minimum absolute atomic E-state index is 0.105. The van der Waals surface area contributed by atoms with Crippen LogP contribution in [0, 0.1) is 5.92 Å². The third-order valence-electron chi connectivity index (χ3n) is 4.96. The summed E-state index contributed by atoms with van der Waals surface area (Å²) in [6.45, 7) is 8.53. The fourth-order valence-corrected chi connectivity index (χ4v) is 3.14. The van der Waals surface area contributed by atoms with Crippen LogP contribution in [0.2, 0.25) is 0 Å². The highest BCUT2D eigenvalue weighted by atomic mass is 16.5. The van der Waals surface area contributed by atoms with Gasteiger partial charge in [-0.1, -0.05) is 18.5 Å². The summed E-state index contributed by atoms with van der Waals surface area (Å²) in [5.74, 6) is 1.71. The first-order valence-electron chi connectivity index (χ1n) is 8.06. The van der Waals surface area contributed by atoms with E-state index in [1.165, 1.54) is 6.42 Å². The summed E-state index contributed by atoms with van der Waals surface area (Å²) in [6.07, 6.45) is 3.55. The predicted octanol–water partition coefficient (Wildman–Crippen LogP) is 2.40. The summed E-state index contributed by atoms with van der Waals surface area (Å²) in [7, 11) is 0. The maximum atomic E-state index is 12.3. The van der Waals surface area contributed by atoms with Crippen molar-refractivity contribution in [1.29, 1.82) is 0 Å². The lowest BCUT2D eigenvalue weighted by atomic mass is 9.83. The maximum Gasteiger partial charge on any atom is 0.273 e. The van der Waals surface area contributed by atoms with Gasteiger partial charge in [-0.05, 0) is 32.6 Å². The molecule has 0 radical (unpaired) electrons. The number of rotatable bonds is 4. The Morgan fingerprint density at radius 3 is 2.76 bits per heavy atom. The van der Waals surface area contributed by atoms with Gasteiger partial charge in [0.05, 0.1) is 0 Å². The van der Waals surface area contributed by atoms with Crippen molar-refractivity contribution in [3.05, 3.63) is 17.5 Å². The van der Waals surface area contributed by atoms with E-state index in [0.29, 0.717) is 23.6 Å².